The van der Waals surface area contributed by atoms with Crippen molar-refractivity contribution < 1.29 is 19.4 Å². The van der Waals surface area contributed by atoms with E-state index in [2.05, 4.69) is 13.8 Å². The zero-order valence-corrected chi connectivity index (χ0v) is 16.8. The number of rotatable bonds is 14. The van der Waals surface area contributed by atoms with Gasteiger partial charge in [-0.25, -0.2) is 0 Å². The van der Waals surface area contributed by atoms with Gasteiger partial charge in [0.15, 0.2) is 0 Å². The molecular formula is C22H38O4. The largest absolute Gasteiger partial charge is 0.481 e. The molecule has 1 aliphatic carbocycles. The van der Waals surface area contributed by atoms with Gasteiger partial charge in [-0.15, -0.1) is 0 Å². The molecule has 4 nitrogen and oxygen atoms in total. The van der Waals surface area contributed by atoms with E-state index in [0.717, 1.165) is 25.7 Å². The van der Waals surface area contributed by atoms with Crippen LogP contribution in [0.25, 0.3) is 0 Å². The summed E-state index contributed by atoms with van der Waals surface area (Å²) in [6, 6.07) is 0. The minimum absolute atomic E-state index is 0.0621. The molecule has 150 valence electrons. The van der Waals surface area contributed by atoms with Crippen molar-refractivity contribution >= 4 is 11.9 Å². The van der Waals surface area contributed by atoms with E-state index in [1.54, 1.807) is 0 Å². The highest BCUT2D eigenvalue weighted by Crippen LogP contribution is 2.28. The fourth-order valence-corrected chi connectivity index (χ4v) is 3.69. The van der Waals surface area contributed by atoms with Crippen LogP contribution >= 0.6 is 0 Å². The number of esters is 1. The van der Waals surface area contributed by atoms with Crippen LogP contribution in [0.1, 0.15) is 97.3 Å². The molecule has 0 aromatic rings. The summed E-state index contributed by atoms with van der Waals surface area (Å²) in [4.78, 5) is 23.9. The summed E-state index contributed by atoms with van der Waals surface area (Å²) in [5.41, 5.74) is 0. The Morgan fingerprint density at radius 3 is 2.04 bits per heavy atom. The van der Waals surface area contributed by atoms with Crippen LogP contribution in [0.5, 0.6) is 0 Å². The maximum atomic E-state index is 12.5. The topological polar surface area (TPSA) is 63.6 Å². The van der Waals surface area contributed by atoms with Crippen LogP contribution in [0.2, 0.25) is 0 Å². The third-order valence-electron chi connectivity index (χ3n) is 5.33. The van der Waals surface area contributed by atoms with Crippen molar-refractivity contribution in [3.05, 3.63) is 12.2 Å². The molecule has 1 N–H and O–H groups in total. The lowest BCUT2D eigenvalue weighted by atomic mass is 9.83. The molecule has 1 aliphatic rings. The van der Waals surface area contributed by atoms with Crippen LogP contribution in [0.15, 0.2) is 12.2 Å². The Balaban J connectivity index is 2.33. The maximum Gasteiger partial charge on any atom is 0.310 e. The van der Waals surface area contributed by atoms with Crippen LogP contribution in [-0.2, 0) is 14.3 Å². The van der Waals surface area contributed by atoms with E-state index in [0.29, 0.717) is 12.8 Å². The molecule has 0 amide bonds. The molecule has 26 heavy (non-hydrogen) atoms. The standard InChI is InChI=1S/C22H38O4/c1-3-5-6-7-8-9-10-11-15-18(14-4-2)26-22(25)20-17-13-12-16-19(20)21(23)24/h12-13,18-20H,3-11,14-17H2,1-2H3,(H,23,24). The van der Waals surface area contributed by atoms with Gasteiger partial charge in [-0.2, -0.15) is 0 Å². The summed E-state index contributed by atoms with van der Waals surface area (Å²) in [6.45, 7) is 4.33. The smallest absolute Gasteiger partial charge is 0.310 e. The molecule has 0 heterocycles. The van der Waals surface area contributed by atoms with E-state index >= 15 is 0 Å². The molecule has 0 aliphatic heterocycles. The van der Waals surface area contributed by atoms with Crippen LogP contribution in [0.3, 0.4) is 0 Å². The van der Waals surface area contributed by atoms with Gasteiger partial charge >= 0.3 is 11.9 Å². The van der Waals surface area contributed by atoms with Crippen molar-refractivity contribution in [2.75, 3.05) is 0 Å². The van der Waals surface area contributed by atoms with E-state index in [-0.39, 0.29) is 12.1 Å². The predicted molar refractivity (Wildman–Crippen MR) is 105 cm³/mol. The number of hydrogen-bond acceptors (Lipinski definition) is 3. The maximum absolute atomic E-state index is 12.5. The van der Waals surface area contributed by atoms with Gasteiger partial charge in [0.1, 0.15) is 6.10 Å². The molecule has 0 spiro atoms. The lowest BCUT2D eigenvalue weighted by Crippen LogP contribution is -2.34. The van der Waals surface area contributed by atoms with Crippen LogP contribution < -0.4 is 0 Å². The molecule has 1 rings (SSSR count). The van der Waals surface area contributed by atoms with Gasteiger partial charge in [0, 0.05) is 0 Å². The fourth-order valence-electron chi connectivity index (χ4n) is 3.69. The highest BCUT2D eigenvalue weighted by atomic mass is 16.5. The minimum atomic E-state index is -0.897. The number of hydrogen-bond donors (Lipinski definition) is 1. The van der Waals surface area contributed by atoms with Gasteiger partial charge in [-0.05, 0) is 32.1 Å². The Labute approximate surface area is 159 Å². The summed E-state index contributed by atoms with van der Waals surface area (Å²) in [5.74, 6) is -2.39. The number of carboxylic acids is 1. The lowest BCUT2D eigenvalue weighted by molar-refractivity contribution is -0.162. The summed E-state index contributed by atoms with van der Waals surface area (Å²) >= 11 is 0. The number of unbranched alkanes of at least 4 members (excludes halogenated alkanes) is 7. The van der Waals surface area contributed by atoms with Crippen LogP contribution in [0, 0.1) is 11.8 Å². The van der Waals surface area contributed by atoms with Gasteiger partial charge in [0.2, 0.25) is 0 Å². The quantitative estimate of drug-likeness (QED) is 0.236. The Bertz CT molecular complexity index is 430. The lowest BCUT2D eigenvalue weighted by Gasteiger charge is -2.26. The summed E-state index contributed by atoms with van der Waals surface area (Å²) in [5, 5.41) is 9.33. The van der Waals surface area contributed by atoms with Crippen molar-refractivity contribution in [2.24, 2.45) is 11.8 Å². The summed E-state index contributed by atoms with van der Waals surface area (Å²) in [6.07, 6.45) is 17.4. The second-order valence-corrected chi connectivity index (χ2v) is 7.61. The van der Waals surface area contributed by atoms with Crippen LogP contribution in [-0.4, -0.2) is 23.1 Å². The first-order chi connectivity index (χ1) is 12.6. The second kappa shape index (κ2) is 13.8. The first kappa shape index (κ1) is 22.7. The molecule has 4 heteroatoms. The second-order valence-electron chi connectivity index (χ2n) is 7.61. The average Bonchev–Trinajstić information content (AvgIpc) is 2.63. The van der Waals surface area contributed by atoms with E-state index in [4.69, 9.17) is 4.74 Å². The molecule has 0 saturated carbocycles. The van der Waals surface area contributed by atoms with Gasteiger partial charge < -0.3 is 9.84 Å². The number of carboxylic acid groups (broad SMARTS) is 1. The van der Waals surface area contributed by atoms with Crippen molar-refractivity contribution in [1.82, 2.24) is 0 Å². The first-order valence-corrected chi connectivity index (χ1v) is 10.7. The number of ether oxygens (including phenoxy) is 1. The van der Waals surface area contributed by atoms with E-state index in [9.17, 15) is 14.7 Å². The molecule has 0 aromatic heterocycles. The normalized spacial score (nSPS) is 20.7. The highest BCUT2D eigenvalue weighted by molar-refractivity contribution is 5.81. The molecule has 3 atom stereocenters. The van der Waals surface area contributed by atoms with Crippen molar-refractivity contribution in [3.8, 4) is 0 Å². The Morgan fingerprint density at radius 2 is 1.46 bits per heavy atom. The number of aliphatic carboxylic acids is 1. The van der Waals surface area contributed by atoms with E-state index in [1.807, 2.05) is 12.2 Å². The van der Waals surface area contributed by atoms with Crippen molar-refractivity contribution in [2.45, 2.75) is 103 Å². The van der Waals surface area contributed by atoms with E-state index < -0.39 is 17.8 Å². The van der Waals surface area contributed by atoms with Gasteiger partial charge in [-0.1, -0.05) is 77.4 Å². The number of carbonyl (C=O) groups excluding carboxylic acids is 1. The Morgan fingerprint density at radius 1 is 0.885 bits per heavy atom. The molecule has 3 unspecified atom stereocenters. The van der Waals surface area contributed by atoms with Crippen molar-refractivity contribution in [1.29, 1.82) is 0 Å². The number of allylic oxidation sites excluding steroid dienone is 2. The predicted octanol–water partition coefficient (Wildman–Crippen LogP) is 5.90. The van der Waals surface area contributed by atoms with Crippen molar-refractivity contribution in [3.63, 3.8) is 0 Å². The molecule has 0 bridgehead atoms. The average molecular weight is 367 g/mol. The fraction of sp³-hybridized carbons (Fsp3) is 0.818. The monoisotopic (exact) mass is 366 g/mol. The van der Waals surface area contributed by atoms with Gasteiger partial charge in [-0.3, -0.25) is 9.59 Å². The third kappa shape index (κ3) is 8.86. The Kier molecular flexibility index (Phi) is 12.1. The zero-order chi connectivity index (χ0) is 19.2. The zero-order valence-electron chi connectivity index (χ0n) is 16.8. The molecule has 0 aromatic carbocycles. The molecule has 0 radical (unpaired) electrons. The highest BCUT2D eigenvalue weighted by Gasteiger charge is 2.35. The number of carbonyl (C=O) groups is 2. The van der Waals surface area contributed by atoms with E-state index in [1.165, 1.54) is 44.9 Å². The minimum Gasteiger partial charge on any atom is -0.481 e. The molecule has 0 saturated heterocycles. The van der Waals surface area contributed by atoms with Gasteiger partial charge in [0.25, 0.3) is 0 Å². The first-order valence-electron chi connectivity index (χ1n) is 10.7. The SMILES string of the molecule is CCCCCCCCCCC(CCC)OC(=O)C1CC=CCC1C(=O)O. The van der Waals surface area contributed by atoms with Gasteiger partial charge in [0.05, 0.1) is 11.8 Å². The Hall–Kier alpha value is -1.32. The summed E-state index contributed by atoms with van der Waals surface area (Å²) in [7, 11) is 0. The third-order valence-corrected chi connectivity index (χ3v) is 5.33. The molecular weight excluding hydrogens is 328 g/mol. The molecule has 0 fully saturated rings. The van der Waals surface area contributed by atoms with Crippen LogP contribution in [0.4, 0.5) is 0 Å². The summed E-state index contributed by atoms with van der Waals surface area (Å²) < 4.78 is 5.73.